The van der Waals surface area contributed by atoms with E-state index in [1.807, 2.05) is 0 Å². The summed E-state index contributed by atoms with van der Waals surface area (Å²) < 4.78 is 45.7. The van der Waals surface area contributed by atoms with E-state index < -0.39 is 9.84 Å². The molecule has 30 heavy (non-hydrogen) atoms. The van der Waals surface area contributed by atoms with E-state index in [9.17, 15) is 8.42 Å². The SMILES string of the molecule is O=S(=O)(C#Cc1ccc(OCCOCCOCCOCCO)cc1)c1ccccc1. The summed E-state index contributed by atoms with van der Waals surface area (Å²) >= 11 is 0. The zero-order valence-electron chi connectivity index (χ0n) is 16.7. The van der Waals surface area contributed by atoms with Crippen molar-refractivity contribution in [2.75, 3.05) is 52.9 Å². The molecule has 2 rings (SSSR count). The zero-order chi connectivity index (χ0) is 21.5. The van der Waals surface area contributed by atoms with E-state index in [1.54, 1.807) is 42.5 Å². The second-order valence-corrected chi connectivity index (χ2v) is 7.66. The smallest absolute Gasteiger partial charge is 0.245 e. The lowest BCUT2D eigenvalue weighted by Gasteiger charge is -2.08. The molecule has 0 fully saturated rings. The van der Waals surface area contributed by atoms with Crippen molar-refractivity contribution in [1.82, 2.24) is 0 Å². The van der Waals surface area contributed by atoms with Crippen molar-refractivity contribution in [2.45, 2.75) is 4.90 Å². The fraction of sp³-hybridized carbons (Fsp3) is 0.364. The Morgan fingerprint density at radius 3 is 1.90 bits per heavy atom. The molecular formula is C22H26O7S. The number of sulfone groups is 1. The van der Waals surface area contributed by atoms with Gasteiger partial charge in [-0.3, -0.25) is 0 Å². The number of aliphatic hydroxyl groups is 1. The number of hydrogen-bond donors (Lipinski definition) is 1. The van der Waals surface area contributed by atoms with Crippen LogP contribution in [0.25, 0.3) is 0 Å². The highest BCUT2D eigenvalue weighted by Gasteiger charge is 2.09. The normalized spacial score (nSPS) is 11.0. The lowest BCUT2D eigenvalue weighted by atomic mass is 10.2. The van der Waals surface area contributed by atoms with Gasteiger partial charge in [0.2, 0.25) is 9.84 Å². The van der Waals surface area contributed by atoms with E-state index in [1.165, 1.54) is 12.1 Å². The Labute approximate surface area is 177 Å². The van der Waals surface area contributed by atoms with Gasteiger partial charge in [-0.1, -0.05) is 18.2 Å². The number of benzene rings is 2. The Kier molecular flexibility index (Phi) is 10.9. The summed E-state index contributed by atoms with van der Waals surface area (Å²) in [5, 5.41) is 10.9. The van der Waals surface area contributed by atoms with Gasteiger partial charge in [-0.25, -0.2) is 8.42 Å². The quantitative estimate of drug-likeness (QED) is 0.380. The summed E-state index contributed by atoms with van der Waals surface area (Å²) in [5.74, 6) is 3.31. The second kappa shape index (κ2) is 13.7. The molecule has 0 saturated carbocycles. The maximum Gasteiger partial charge on any atom is 0.245 e. The molecule has 0 atom stereocenters. The summed E-state index contributed by atoms with van der Waals surface area (Å²) in [7, 11) is -3.64. The van der Waals surface area contributed by atoms with Gasteiger partial charge >= 0.3 is 0 Å². The largest absolute Gasteiger partial charge is 0.491 e. The first kappa shape index (κ1) is 23.9. The number of hydrogen-bond acceptors (Lipinski definition) is 7. The molecule has 0 aliphatic carbocycles. The van der Waals surface area contributed by atoms with Crippen LogP contribution in [0, 0.1) is 11.2 Å². The van der Waals surface area contributed by atoms with Crippen LogP contribution in [-0.4, -0.2) is 66.4 Å². The third-order valence-corrected chi connectivity index (χ3v) is 4.98. The summed E-state index contributed by atoms with van der Waals surface area (Å²) in [5.41, 5.74) is 0.582. The van der Waals surface area contributed by atoms with E-state index in [0.717, 1.165) is 0 Å². The maximum absolute atomic E-state index is 12.2. The van der Waals surface area contributed by atoms with E-state index in [2.05, 4.69) is 11.2 Å². The summed E-state index contributed by atoms with van der Waals surface area (Å²) in [6.07, 6.45) is 0. The lowest BCUT2D eigenvalue weighted by Crippen LogP contribution is -2.13. The molecule has 8 heteroatoms. The highest BCUT2D eigenvalue weighted by molar-refractivity contribution is 7.96. The van der Waals surface area contributed by atoms with E-state index >= 15 is 0 Å². The number of aliphatic hydroxyl groups excluding tert-OH is 1. The molecule has 0 aliphatic heterocycles. The van der Waals surface area contributed by atoms with Crippen molar-refractivity contribution in [2.24, 2.45) is 0 Å². The predicted molar refractivity (Wildman–Crippen MR) is 112 cm³/mol. The van der Waals surface area contributed by atoms with Crippen molar-refractivity contribution < 1.29 is 32.5 Å². The Balaban J connectivity index is 1.64. The van der Waals surface area contributed by atoms with Crippen molar-refractivity contribution in [3.63, 3.8) is 0 Å². The molecular weight excluding hydrogens is 408 g/mol. The van der Waals surface area contributed by atoms with Crippen LogP contribution >= 0.6 is 0 Å². The first-order valence-electron chi connectivity index (χ1n) is 9.51. The van der Waals surface area contributed by atoms with Crippen LogP contribution < -0.4 is 4.74 Å². The minimum atomic E-state index is -3.64. The third kappa shape index (κ3) is 9.39. The van der Waals surface area contributed by atoms with Crippen LogP contribution in [0.1, 0.15) is 5.56 Å². The van der Waals surface area contributed by atoms with E-state index in [4.69, 9.17) is 24.1 Å². The van der Waals surface area contributed by atoms with Crippen molar-refractivity contribution in [1.29, 1.82) is 0 Å². The van der Waals surface area contributed by atoms with Crippen molar-refractivity contribution in [3.05, 3.63) is 60.2 Å². The molecule has 0 aromatic heterocycles. The minimum absolute atomic E-state index is 0.00933. The fourth-order valence-corrected chi connectivity index (χ4v) is 3.13. The average Bonchev–Trinajstić information content (AvgIpc) is 2.77. The topological polar surface area (TPSA) is 91.3 Å². The van der Waals surface area contributed by atoms with Gasteiger partial charge in [0.15, 0.2) is 0 Å². The first-order valence-corrected chi connectivity index (χ1v) is 11.0. The van der Waals surface area contributed by atoms with Crippen LogP contribution in [0.4, 0.5) is 0 Å². The van der Waals surface area contributed by atoms with Gasteiger partial charge in [-0.2, -0.15) is 0 Å². The van der Waals surface area contributed by atoms with Gasteiger partial charge in [0, 0.05) is 10.8 Å². The van der Waals surface area contributed by atoms with Crippen LogP contribution in [-0.2, 0) is 24.0 Å². The molecule has 0 amide bonds. The Hall–Kier alpha value is -2.41. The molecule has 162 valence electrons. The third-order valence-electron chi connectivity index (χ3n) is 3.71. The molecule has 0 spiro atoms. The Morgan fingerprint density at radius 2 is 1.30 bits per heavy atom. The van der Waals surface area contributed by atoms with Gasteiger partial charge in [0.05, 0.1) is 51.1 Å². The molecule has 0 unspecified atom stereocenters. The molecule has 0 saturated heterocycles. The van der Waals surface area contributed by atoms with Crippen LogP contribution in [0.5, 0.6) is 5.75 Å². The molecule has 0 aliphatic rings. The van der Waals surface area contributed by atoms with Gasteiger partial charge in [-0.05, 0) is 42.3 Å². The van der Waals surface area contributed by atoms with E-state index in [-0.39, 0.29) is 11.5 Å². The van der Waals surface area contributed by atoms with Crippen molar-refractivity contribution >= 4 is 9.84 Å². The van der Waals surface area contributed by atoms with Gasteiger partial charge in [0.1, 0.15) is 12.4 Å². The number of ether oxygens (including phenoxy) is 4. The standard InChI is InChI=1S/C22H26O7S/c23-11-12-26-13-14-27-15-16-28-17-18-29-21-8-6-20(7-9-21)10-19-30(24,25)22-4-2-1-3-5-22/h1-9,23H,11-18H2. The van der Waals surface area contributed by atoms with Gasteiger partial charge in [-0.15, -0.1) is 0 Å². The highest BCUT2D eigenvalue weighted by Crippen LogP contribution is 2.13. The Bertz CT molecular complexity index is 885. The molecule has 2 aromatic rings. The first-order chi connectivity index (χ1) is 14.6. The zero-order valence-corrected chi connectivity index (χ0v) is 17.5. The monoisotopic (exact) mass is 434 g/mol. The van der Waals surface area contributed by atoms with Crippen LogP contribution in [0.2, 0.25) is 0 Å². The van der Waals surface area contributed by atoms with E-state index in [0.29, 0.717) is 57.6 Å². The van der Waals surface area contributed by atoms with Crippen LogP contribution in [0.15, 0.2) is 59.5 Å². The molecule has 7 nitrogen and oxygen atoms in total. The molecule has 1 N–H and O–H groups in total. The Morgan fingerprint density at radius 1 is 0.733 bits per heavy atom. The van der Waals surface area contributed by atoms with Crippen molar-refractivity contribution in [3.8, 4) is 16.9 Å². The second-order valence-electron chi connectivity index (χ2n) is 5.98. The molecule has 2 aromatic carbocycles. The highest BCUT2D eigenvalue weighted by atomic mass is 32.2. The van der Waals surface area contributed by atoms with Crippen LogP contribution in [0.3, 0.4) is 0 Å². The average molecular weight is 435 g/mol. The molecule has 0 bridgehead atoms. The summed E-state index contributed by atoms with van der Waals surface area (Å²) in [6, 6.07) is 15.0. The lowest BCUT2D eigenvalue weighted by molar-refractivity contribution is 0.00361. The summed E-state index contributed by atoms with van der Waals surface area (Å²) in [6.45, 7) is 2.95. The van der Waals surface area contributed by atoms with Gasteiger partial charge < -0.3 is 24.1 Å². The maximum atomic E-state index is 12.2. The molecule has 0 heterocycles. The number of rotatable bonds is 13. The molecule has 0 radical (unpaired) electrons. The minimum Gasteiger partial charge on any atom is -0.491 e. The fourth-order valence-electron chi connectivity index (χ4n) is 2.24. The summed E-state index contributed by atoms with van der Waals surface area (Å²) in [4.78, 5) is 0.179. The van der Waals surface area contributed by atoms with Gasteiger partial charge in [0.25, 0.3) is 0 Å². The predicted octanol–water partition coefficient (Wildman–Crippen LogP) is 1.89.